The lowest BCUT2D eigenvalue weighted by atomic mass is 9.74. The summed E-state index contributed by atoms with van der Waals surface area (Å²) in [5.74, 6) is -7.02. The van der Waals surface area contributed by atoms with Crippen LogP contribution in [0.3, 0.4) is 0 Å². The minimum atomic E-state index is -3.18. The molecule has 0 aromatic carbocycles. The van der Waals surface area contributed by atoms with Gasteiger partial charge in [0.15, 0.2) is 17.3 Å². The van der Waals surface area contributed by atoms with Gasteiger partial charge in [0.2, 0.25) is 0 Å². The van der Waals surface area contributed by atoms with Crippen molar-refractivity contribution in [2.24, 2.45) is 17.8 Å². The Morgan fingerprint density at radius 2 is 1.84 bits per heavy atom. The fraction of sp³-hybridized carbons (Fsp3) is 0.444. The van der Waals surface area contributed by atoms with Gasteiger partial charge < -0.3 is 4.74 Å². The molecule has 1 aromatic rings. The molecule has 0 spiro atoms. The molecule has 0 saturated heterocycles. The van der Waals surface area contributed by atoms with Crippen molar-refractivity contribution in [2.75, 3.05) is 7.11 Å². The van der Waals surface area contributed by atoms with Crippen molar-refractivity contribution >= 4 is 17.3 Å². The van der Waals surface area contributed by atoms with E-state index in [-0.39, 0.29) is 17.9 Å². The van der Waals surface area contributed by atoms with E-state index in [9.17, 15) is 23.2 Å². The first-order valence-corrected chi connectivity index (χ1v) is 7.91. The minimum absolute atomic E-state index is 0.00185. The van der Waals surface area contributed by atoms with Crippen molar-refractivity contribution in [2.45, 2.75) is 25.9 Å². The van der Waals surface area contributed by atoms with Crippen molar-refractivity contribution in [3.05, 3.63) is 41.2 Å². The van der Waals surface area contributed by atoms with Crippen molar-refractivity contribution in [3.63, 3.8) is 0 Å². The standard InChI is InChI=1S/C18H17F2NO4/c1-18(19,20)13-6-5-11(12(21-13)8-25-2)17(24)14-15(22)9-3-4-10(7-9)16(14)23/h3-6,9-10,14H,7-8H2,1-2H3. The zero-order valence-corrected chi connectivity index (χ0v) is 13.8. The number of carbonyl (C=O) groups excluding carboxylic acids is 3. The summed E-state index contributed by atoms with van der Waals surface area (Å²) >= 11 is 0. The number of Topliss-reactive ketones (excluding diaryl/α,β-unsaturated/α-hetero) is 3. The van der Waals surface area contributed by atoms with Crippen LogP contribution in [0.25, 0.3) is 0 Å². The van der Waals surface area contributed by atoms with Crippen LogP contribution >= 0.6 is 0 Å². The van der Waals surface area contributed by atoms with E-state index >= 15 is 0 Å². The number of hydrogen-bond acceptors (Lipinski definition) is 5. The van der Waals surface area contributed by atoms with Crippen LogP contribution in [-0.2, 0) is 26.9 Å². The molecular formula is C18H17F2NO4. The number of halogens is 2. The summed E-state index contributed by atoms with van der Waals surface area (Å²) in [4.78, 5) is 41.5. The average Bonchev–Trinajstić information content (AvgIpc) is 2.99. The van der Waals surface area contributed by atoms with Gasteiger partial charge in [-0.25, -0.2) is 4.98 Å². The Kier molecular flexibility index (Phi) is 4.36. The second kappa shape index (κ2) is 6.22. The van der Waals surface area contributed by atoms with Gasteiger partial charge in [-0.05, 0) is 18.6 Å². The van der Waals surface area contributed by atoms with Gasteiger partial charge in [0, 0.05) is 31.4 Å². The molecular weight excluding hydrogens is 332 g/mol. The number of hydrogen-bond donors (Lipinski definition) is 0. The molecule has 5 nitrogen and oxygen atoms in total. The van der Waals surface area contributed by atoms with Gasteiger partial charge in [-0.3, -0.25) is 14.4 Å². The Hall–Kier alpha value is -2.28. The third kappa shape index (κ3) is 3.04. The summed E-state index contributed by atoms with van der Waals surface area (Å²) in [5.41, 5.74) is -0.528. The summed E-state index contributed by atoms with van der Waals surface area (Å²) in [6.45, 7) is 0.524. The number of alkyl halides is 2. The van der Waals surface area contributed by atoms with Gasteiger partial charge in [-0.15, -0.1) is 0 Å². The molecule has 2 unspecified atom stereocenters. The highest BCUT2D eigenvalue weighted by Crippen LogP contribution is 2.37. The monoisotopic (exact) mass is 349 g/mol. The first kappa shape index (κ1) is 17.5. The van der Waals surface area contributed by atoms with E-state index in [4.69, 9.17) is 4.74 Å². The van der Waals surface area contributed by atoms with E-state index in [1.165, 1.54) is 13.2 Å². The number of rotatable bonds is 5. The highest BCUT2D eigenvalue weighted by molar-refractivity contribution is 6.27. The fourth-order valence-corrected chi connectivity index (χ4v) is 3.32. The maximum absolute atomic E-state index is 13.5. The highest BCUT2D eigenvalue weighted by Gasteiger charge is 2.48. The predicted octanol–water partition coefficient (Wildman–Crippen LogP) is 2.48. The molecule has 2 aliphatic rings. The van der Waals surface area contributed by atoms with Crippen LogP contribution in [0.1, 0.15) is 35.1 Å². The van der Waals surface area contributed by atoms with Crippen LogP contribution < -0.4 is 0 Å². The lowest BCUT2D eigenvalue weighted by molar-refractivity contribution is -0.136. The first-order valence-electron chi connectivity index (χ1n) is 7.91. The average molecular weight is 349 g/mol. The maximum Gasteiger partial charge on any atom is 0.286 e. The molecule has 0 aliphatic heterocycles. The number of nitrogens with zero attached hydrogens (tertiary/aromatic N) is 1. The van der Waals surface area contributed by atoms with Crippen LogP contribution in [0, 0.1) is 17.8 Å². The number of allylic oxidation sites excluding steroid dienone is 2. The highest BCUT2D eigenvalue weighted by atomic mass is 19.3. The molecule has 0 N–H and O–H groups in total. The van der Waals surface area contributed by atoms with Gasteiger partial charge in [0.1, 0.15) is 11.6 Å². The SMILES string of the molecule is COCc1nc(C(C)(F)F)ccc1C(=O)C1C(=O)C2C=CC(C2)C1=O. The van der Waals surface area contributed by atoms with Crippen molar-refractivity contribution in [1.82, 2.24) is 4.98 Å². The molecule has 2 atom stereocenters. The van der Waals surface area contributed by atoms with Crippen LogP contribution in [0.15, 0.2) is 24.3 Å². The Balaban J connectivity index is 1.99. The number of carbonyl (C=O) groups is 3. The molecule has 0 amide bonds. The molecule has 1 saturated carbocycles. The molecule has 0 radical (unpaired) electrons. The Bertz CT molecular complexity index is 758. The molecule has 2 aliphatic carbocycles. The lowest BCUT2D eigenvalue weighted by Gasteiger charge is -2.25. The van der Waals surface area contributed by atoms with E-state index < -0.39 is 46.7 Å². The first-order chi connectivity index (χ1) is 11.7. The molecule has 25 heavy (non-hydrogen) atoms. The summed E-state index contributed by atoms with van der Waals surface area (Å²) in [6.07, 6.45) is 3.73. The van der Waals surface area contributed by atoms with Gasteiger partial charge in [-0.1, -0.05) is 12.2 Å². The zero-order chi connectivity index (χ0) is 18.4. The molecule has 2 bridgehead atoms. The van der Waals surface area contributed by atoms with Gasteiger partial charge in [0.25, 0.3) is 5.92 Å². The molecule has 1 heterocycles. The number of ether oxygens (including phenoxy) is 1. The van der Waals surface area contributed by atoms with E-state index in [1.807, 2.05) is 0 Å². The van der Waals surface area contributed by atoms with Crippen LogP contribution in [0.5, 0.6) is 0 Å². The van der Waals surface area contributed by atoms with Gasteiger partial charge in [-0.2, -0.15) is 8.78 Å². The smallest absolute Gasteiger partial charge is 0.286 e. The Morgan fingerprint density at radius 3 is 2.36 bits per heavy atom. The second-order valence-corrected chi connectivity index (χ2v) is 6.45. The largest absolute Gasteiger partial charge is 0.378 e. The van der Waals surface area contributed by atoms with E-state index in [0.717, 1.165) is 6.07 Å². The predicted molar refractivity (Wildman–Crippen MR) is 83.1 cm³/mol. The summed E-state index contributed by atoms with van der Waals surface area (Å²) in [7, 11) is 1.34. The van der Waals surface area contributed by atoms with Gasteiger partial charge in [0.05, 0.1) is 12.3 Å². The molecule has 3 rings (SSSR count). The molecule has 132 valence electrons. The molecule has 1 aromatic heterocycles. The summed E-state index contributed by atoms with van der Waals surface area (Å²) < 4.78 is 31.9. The molecule has 7 heteroatoms. The van der Waals surface area contributed by atoms with Crippen LogP contribution in [-0.4, -0.2) is 29.4 Å². The van der Waals surface area contributed by atoms with Crippen molar-refractivity contribution < 1.29 is 27.9 Å². The van der Waals surface area contributed by atoms with Crippen molar-refractivity contribution in [3.8, 4) is 0 Å². The quantitative estimate of drug-likeness (QED) is 0.464. The third-order valence-corrected chi connectivity index (χ3v) is 4.62. The van der Waals surface area contributed by atoms with E-state index in [1.54, 1.807) is 12.2 Å². The topological polar surface area (TPSA) is 73.3 Å². The number of fused-ring (bicyclic) bond motifs is 2. The van der Waals surface area contributed by atoms with Gasteiger partial charge >= 0.3 is 0 Å². The number of aromatic nitrogens is 1. The van der Waals surface area contributed by atoms with E-state index in [0.29, 0.717) is 13.3 Å². The number of pyridine rings is 1. The summed E-state index contributed by atoms with van der Waals surface area (Å²) in [6, 6.07) is 2.23. The number of ketones is 3. The maximum atomic E-state index is 13.5. The van der Waals surface area contributed by atoms with Crippen molar-refractivity contribution in [1.29, 1.82) is 0 Å². The number of methoxy groups -OCH3 is 1. The Labute approximate surface area is 143 Å². The molecule has 1 fully saturated rings. The lowest BCUT2D eigenvalue weighted by Crippen LogP contribution is -2.42. The summed E-state index contributed by atoms with van der Waals surface area (Å²) in [5, 5.41) is 0. The fourth-order valence-electron chi connectivity index (χ4n) is 3.32. The zero-order valence-electron chi connectivity index (χ0n) is 13.8. The normalized spacial score (nSPS) is 25.5. The second-order valence-electron chi connectivity index (χ2n) is 6.45. The van der Waals surface area contributed by atoms with Crippen LogP contribution in [0.4, 0.5) is 8.78 Å². The minimum Gasteiger partial charge on any atom is -0.378 e. The Morgan fingerprint density at radius 1 is 1.24 bits per heavy atom. The third-order valence-electron chi connectivity index (χ3n) is 4.62. The van der Waals surface area contributed by atoms with E-state index in [2.05, 4.69) is 4.98 Å². The van der Waals surface area contributed by atoms with Crippen LogP contribution in [0.2, 0.25) is 0 Å².